The zero-order chi connectivity index (χ0) is 16.2. The first kappa shape index (κ1) is 15.8. The van der Waals surface area contributed by atoms with Gasteiger partial charge in [0.25, 0.3) is 0 Å². The number of benzene rings is 2. The Kier molecular flexibility index (Phi) is 4.84. The first-order valence-corrected chi connectivity index (χ1v) is 8.05. The lowest BCUT2D eigenvalue weighted by Crippen LogP contribution is -2.19. The highest BCUT2D eigenvalue weighted by Crippen LogP contribution is 2.27. The maximum absolute atomic E-state index is 5.72. The number of ether oxygens (including phenoxy) is 1. The lowest BCUT2D eigenvalue weighted by molar-refractivity contribution is 0.261. The van der Waals surface area contributed by atoms with Crippen molar-refractivity contribution >= 4 is 11.4 Å². The third-order valence-electron chi connectivity index (χ3n) is 4.04. The summed E-state index contributed by atoms with van der Waals surface area (Å²) in [5, 5.41) is 3.47. The Morgan fingerprint density at radius 3 is 2.43 bits per heavy atom. The molecule has 2 aromatic carbocycles. The minimum Gasteiger partial charge on any atom is -0.492 e. The molecule has 0 saturated carbocycles. The van der Waals surface area contributed by atoms with Crippen LogP contribution >= 0.6 is 0 Å². The van der Waals surface area contributed by atoms with Crippen molar-refractivity contribution in [3.8, 4) is 5.75 Å². The summed E-state index contributed by atoms with van der Waals surface area (Å²) in [5.41, 5.74) is 5.07. The summed E-state index contributed by atoms with van der Waals surface area (Å²) in [5.74, 6) is 0.910. The highest BCUT2D eigenvalue weighted by Gasteiger charge is 2.15. The predicted molar refractivity (Wildman–Crippen MR) is 95.4 cm³/mol. The van der Waals surface area contributed by atoms with Crippen molar-refractivity contribution in [3.63, 3.8) is 0 Å². The highest BCUT2D eigenvalue weighted by molar-refractivity contribution is 5.62. The fourth-order valence-corrected chi connectivity index (χ4v) is 2.79. The summed E-state index contributed by atoms with van der Waals surface area (Å²) < 4.78 is 5.72. The molecule has 4 nitrogen and oxygen atoms in total. The average molecular weight is 311 g/mol. The van der Waals surface area contributed by atoms with Gasteiger partial charge >= 0.3 is 0 Å². The standard InChI is InChI=1S/C19H25N3O/c1-21(2)10-11-23-19-8-6-17(7-9-19)20-18-5-4-15-13-22(3)14-16(15)12-18/h4-9,12,20H,10-11,13-14H2,1-3H3. The van der Waals surface area contributed by atoms with E-state index in [0.717, 1.165) is 36.8 Å². The van der Waals surface area contributed by atoms with Crippen LogP contribution in [0.4, 0.5) is 11.4 Å². The van der Waals surface area contributed by atoms with E-state index in [1.807, 2.05) is 26.2 Å². The Hall–Kier alpha value is -2.04. The van der Waals surface area contributed by atoms with Gasteiger partial charge in [0.15, 0.2) is 0 Å². The second-order valence-corrected chi connectivity index (χ2v) is 6.46. The zero-order valence-electron chi connectivity index (χ0n) is 14.2. The topological polar surface area (TPSA) is 27.7 Å². The summed E-state index contributed by atoms with van der Waals surface area (Å²) in [7, 11) is 6.25. The Morgan fingerprint density at radius 1 is 1.00 bits per heavy atom. The molecule has 1 aliphatic rings. The van der Waals surface area contributed by atoms with Crippen LogP contribution in [0, 0.1) is 0 Å². The number of nitrogens with one attached hydrogen (secondary N) is 1. The number of fused-ring (bicyclic) bond motifs is 1. The number of anilines is 2. The van der Waals surface area contributed by atoms with Gasteiger partial charge < -0.3 is 15.0 Å². The second kappa shape index (κ2) is 7.02. The Labute approximate surface area is 138 Å². The molecule has 0 saturated heterocycles. The van der Waals surface area contributed by atoms with Gasteiger partial charge in [-0.3, -0.25) is 4.90 Å². The summed E-state index contributed by atoms with van der Waals surface area (Å²) >= 11 is 0. The minimum absolute atomic E-state index is 0.706. The van der Waals surface area contributed by atoms with Crippen molar-refractivity contribution in [2.45, 2.75) is 13.1 Å². The van der Waals surface area contributed by atoms with Crippen molar-refractivity contribution in [2.24, 2.45) is 0 Å². The number of likely N-dealkylation sites (N-methyl/N-ethyl adjacent to an activating group) is 1. The Balaban J connectivity index is 1.59. The first-order valence-electron chi connectivity index (χ1n) is 8.05. The third kappa shape index (κ3) is 4.24. The third-order valence-corrected chi connectivity index (χ3v) is 4.04. The van der Waals surface area contributed by atoms with Gasteiger partial charge in [-0.15, -0.1) is 0 Å². The van der Waals surface area contributed by atoms with E-state index in [9.17, 15) is 0 Å². The normalized spacial score (nSPS) is 14.1. The van der Waals surface area contributed by atoms with Crippen LogP contribution in [-0.4, -0.2) is 44.1 Å². The lowest BCUT2D eigenvalue weighted by Gasteiger charge is -2.12. The van der Waals surface area contributed by atoms with E-state index < -0.39 is 0 Å². The molecule has 2 aromatic rings. The van der Waals surface area contributed by atoms with Crippen LogP contribution in [0.3, 0.4) is 0 Å². The molecule has 3 rings (SSSR count). The number of rotatable bonds is 6. The van der Waals surface area contributed by atoms with Gasteiger partial charge in [-0.05, 0) is 68.7 Å². The SMILES string of the molecule is CN(C)CCOc1ccc(Nc2ccc3c(c2)CN(C)C3)cc1. The molecule has 0 radical (unpaired) electrons. The van der Waals surface area contributed by atoms with Crippen molar-refractivity contribution in [2.75, 3.05) is 39.6 Å². The maximum Gasteiger partial charge on any atom is 0.119 e. The number of nitrogens with zero attached hydrogens (tertiary/aromatic N) is 2. The highest BCUT2D eigenvalue weighted by atomic mass is 16.5. The molecule has 1 aliphatic heterocycles. The van der Waals surface area contributed by atoms with E-state index in [1.54, 1.807) is 0 Å². The van der Waals surface area contributed by atoms with Crippen molar-refractivity contribution in [1.29, 1.82) is 0 Å². The van der Waals surface area contributed by atoms with Crippen LogP contribution in [0.25, 0.3) is 0 Å². The molecular weight excluding hydrogens is 286 g/mol. The molecular formula is C19H25N3O. The van der Waals surface area contributed by atoms with Crippen LogP contribution in [0.5, 0.6) is 5.75 Å². The number of hydrogen-bond donors (Lipinski definition) is 1. The van der Waals surface area contributed by atoms with Crippen LogP contribution in [0.2, 0.25) is 0 Å². The summed E-state index contributed by atoms with van der Waals surface area (Å²) in [6, 6.07) is 14.8. The van der Waals surface area contributed by atoms with Gasteiger partial charge in [-0.2, -0.15) is 0 Å². The van der Waals surface area contributed by atoms with E-state index in [2.05, 4.69) is 52.5 Å². The number of hydrogen-bond acceptors (Lipinski definition) is 4. The van der Waals surface area contributed by atoms with Gasteiger partial charge in [0.05, 0.1) is 0 Å². The van der Waals surface area contributed by atoms with Gasteiger partial charge in [-0.25, -0.2) is 0 Å². The molecule has 0 aromatic heterocycles. The molecule has 0 bridgehead atoms. The largest absolute Gasteiger partial charge is 0.492 e. The van der Waals surface area contributed by atoms with E-state index in [4.69, 9.17) is 4.74 Å². The quantitative estimate of drug-likeness (QED) is 0.886. The van der Waals surface area contributed by atoms with E-state index in [-0.39, 0.29) is 0 Å². The first-order chi connectivity index (χ1) is 11.1. The Bertz CT molecular complexity index is 652. The van der Waals surface area contributed by atoms with E-state index in [0.29, 0.717) is 6.61 Å². The van der Waals surface area contributed by atoms with Crippen LogP contribution in [0.15, 0.2) is 42.5 Å². The summed E-state index contributed by atoms with van der Waals surface area (Å²) in [4.78, 5) is 4.44. The molecule has 122 valence electrons. The molecule has 0 atom stereocenters. The van der Waals surface area contributed by atoms with Crippen molar-refractivity contribution < 1.29 is 4.74 Å². The predicted octanol–water partition coefficient (Wildman–Crippen LogP) is 3.32. The molecule has 0 aliphatic carbocycles. The van der Waals surface area contributed by atoms with Gasteiger partial charge in [0, 0.05) is 31.0 Å². The molecule has 1 heterocycles. The lowest BCUT2D eigenvalue weighted by atomic mass is 10.1. The summed E-state index contributed by atoms with van der Waals surface area (Å²) in [6.45, 7) is 3.71. The average Bonchev–Trinajstić information content (AvgIpc) is 2.88. The smallest absolute Gasteiger partial charge is 0.119 e. The monoisotopic (exact) mass is 311 g/mol. The molecule has 1 N–H and O–H groups in total. The molecule has 0 fully saturated rings. The fourth-order valence-electron chi connectivity index (χ4n) is 2.79. The van der Waals surface area contributed by atoms with Crippen molar-refractivity contribution in [1.82, 2.24) is 9.80 Å². The molecule has 0 amide bonds. The second-order valence-electron chi connectivity index (χ2n) is 6.46. The summed E-state index contributed by atoms with van der Waals surface area (Å²) in [6.07, 6.45) is 0. The minimum atomic E-state index is 0.706. The molecule has 4 heteroatoms. The van der Waals surface area contributed by atoms with Crippen LogP contribution in [-0.2, 0) is 13.1 Å². The van der Waals surface area contributed by atoms with Gasteiger partial charge in [0.1, 0.15) is 12.4 Å². The fraction of sp³-hybridized carbons (Fsp3) is 0.368. The van der Waals surface area contributed by atoms with Crippen LogP contribution < -0.4 is 10.1 Å². The van der Waals surface area contributed by atoms with E-state index in [1.165, 1.54) is 11.1 Å². The van der Waals surface area contributed by atoms with Crippen molar-refractivity contribution in [3.05, 3.63) is 53.6 Å². The van der Waals surface area contributed by atoms with Crippen LogP contribution in [0.1, 0.15) is 11.1 Å². The maximum atomic E-state index is 5.72. The van der Waals surface area contributed by atoms with Gasteiger partial charge in [0.2, 0.25) is 0 Å². The zero-order valence-corrected chi connectivity index (χ0v) is 14.2. The molecule has 0 spiro atoms. The van der Waals surface area contributed by atoms with E-state index >= 15 is 0 Å². The van der Waals surface area contributed by atoms with Gasteiger partial charge in [-0.1, -0.05) is 6.07 Å². The molecule has 23 heavy (non-hydrogen) atoms. The Morgan fingerprint density at radius 2 is 1.70 bits per heavy atom. The molecule has 0 unspecified atom stereocenters.